The van der Waals surface area contributed by atoms with Gasteiger partial charge in [-0.05, 0) is 17.7 Å². The maximum absolute atomic E-state index is 12.9. The largest absolute Gasteiger partial charge is 0.390 e. The zero-order chi connectivity index (χ0) is 15.9. The third-order valence-electron chi connectivity index (χ3n) is 3.47. The number of β-amino-alcohol motifs (C(OH)–C–C–N with tert-alkyl or cyclic N) is 1. The van der Waals surface area contributed by atoms with E-state index in [1.165, 1.54) is 18.2 Å². The number of hydrogen-bond donors (Lipinski definition) is 2. The van der Waals surface area contributed by atoms with Crippen LogP contribution >= 0.6 is 11.6 Å². The lowest BCUT2D eigenvalue weighted by molar-refractivity contribution is -0.121. The van der Waals surface area contributed by atoms with E-state index in [4.69, 9.17) is 16.3 Å². The van der Waals surface area contributed by atoms with Crippen molar-refractivity contribution in [3.8, 4) is 0 Å². The van der Waals surface area contributed by atoms with Gasteiger partial charge in [0, 0.05) is 31.2 Å². The monoisotopic (exact) mass is 330 g/mol. The molecule has 0 aromatic heterocycles. The fourth-order valence-corrected chi connectivity index (χ4v) is 2.51. The molecular formula is C15H20ClFN2O3. The van der Waals surface area contributed by atoms with E-state index in [0.29, 0.717) is 25.3 Å². The molecule has 1 unspecified atom stereocenters. The first-order valence-corrected chi connectivity index (χ1v) is 7.61. The Kier molecular flexibility index (Phi) is 6.57. The van der Waals surface area contributed by atoms with Crippen molar-refractivity contribution in [1.29, 1.82) is 0 Å². The van der Waals surface area contributed by atoms with Crippen molar-refractivity contribution in [2.24, 2.45) is 0 Å². The molecule has 1 fully saturated rings. The van der Waals surface area contributed by atoms with E-state index in [9.17, 15) is 14.3 Å². The molecule has 0 aliphatic carbocycles. The topological polar surface area (TPSA) is 61.8 Å². The summed E-state index contributed by atoms with van der Waals surface area (Å²) in [6, 6.07) is 3.93. The van der Waals surface area contributed by atoms with Crippen LogP contribution in [0.2, 0.25) is 5.02 Å². The molecule has 5 nitrogen and oxygen atoms in total. The molecule has 1 aliphatic rings. The molecule has 0 bridgehead atoms. The first-order chi connectivity index (χ1) is 10.5. The predicted octanol–water partition coefficient (Wildman–Crippen LogP) is 0.831. The Morgan fingerprint density at radius 2 is 2.18 bits per heavy atom. The summed E-state index contributed by atoms with van der Waals surface area (Å²) in [5.41, 5.74) is 0.559. The van der Waals surface area contributed by atoms with E-state index >= 15 is 0 Å². The SMILES string of the molecule is O=C(Cc1ccc(F)cc1Cl)NCC(O)CN1CCOCC1. The highest BCUT2D eigenvalue weighted by Crippen LogP contribution is 2.17. The van der Waals surface area contributed by atoms with Crippen LogP contribution in [-0.4, -0.2) is 61.4 Å². The highest BCUT2D eigenvalue weighted by atomic mass is 35.5. The second kappa shape index (κ2) is 8.43. The van der Waals surface area contributed by atoms with E-state index in [2.05, 4.69) is 10.2 Å². The van der Waals surface area contributed by atoms with Crippen molar-refractivity contribution >= 4 is 17.5 Å². The number of aliphatic hydroxyl groups excluding tert-OH is 1. The summed E-state index contributed by atoms with van der Waals surface area (Å²) >= 11 is 5.88. The van der Waals surface area contributed by atoms with Gasteiger partial charge in [-0.15, -0.1) is 0 Å². The minimum atomic E-state index is -0.634. The van der Waals surface area contributed by atoms with Crippen molar-refractivity contribution in [1.82, 2.24) is 10.2 Å². The van der Waals surface area contributed by atoms with Crippen molar-refractivity contribution in [3.63, 3.8) is 0 Å². The highest BCUT2D eigenvalue weighted by molar-refractivity contribution is 6.31. The van der Waals surface area contributed by atoms with E-state index in [-0.39, 0.29) is 23.9 Å². The smallest absolute Gasteiger partial charge is 0.224 e. The van der Waals surface area contributed by atoms with Gasteiger partial charge in [-0.25, -0.2) is 4.39 Å². The molecule has 0 saturated carbocycles. The third-order valence-corrected chi connectivity index (χ3v) is 3.83. The van der Waals surface area contributed by atoms with Crippen LogP contribution in [0, 0.1) is 5.82 Å². The second-order valence-electron chi connectivity index (χ2n) is 5.28. The number of nitrogens with one attached hydrogen (secondary N) is 1. The molecule has 0 spiro atoms. The number of amides is 1. The zero-order valence-corrected chi connectivity index (χ0v) is 13.0. The molecule has 1 atom stereocenters. The fraction of sp³-hybridized carbons (Fsp3) is 0.533. The van der Waals surface area contributed by atoms with Gasteiger partial charge in [-0.1, -0.05) is 17.7 Å². The Bertz CT molecular complexity index is 510. The van der Waals surface area contributed by atoms with E-state index in [1.807, 2.05) is 0 Å². The number of nitrogens with zero attached hydrogens (tertiary/aromatic N) is 1. The van der Waals surface area contributed by atoms with Crippen molar-refractivity contribution < 1.29 is 19.0 Å². The normalized spacial score (nSPS) is 17.2. The number of ether oxygens (including phenoxy) is 1. The molecule has 0 radical (unpaired) electrons. The van der Waals surface area contributed by atoms with Crippen molar-refractivity contribution in [2.45, 2.75) is 12.5 Å². The molecule has 22 heavy (non-hydrogen) atoms. The summed E-state index contributed by atoms with van der Waals surface area (Å²) in [5.74, 6) is -0.690. The Labute approximate surface area is 134 Å². The molecular weight excluding hydrogens is 311 g/mol. The molecule has 1 aromatic carbocycles. The number of rotatable bonds is 6. The molecule has 7 heteroatoms. The molecule has 1 aromatic rings. The van der Waals surface area contributed by atoms with Crippen LogP contribution < -0.4 is 5.32 Å². The standard InChI is InChI=1S/C15H20ClFN2O3/c16-14-8-12(17)2-1-11(14)7-15(21)18-9-13(20)10-19-3-5-22-6-4-19/h1-2,8,13,20H,3-7,9-10H2,(H,18,21). The average Bonchev–Trinajstić information content (AvgIpc) is 2.49. The zero-order valence-electron chi connectivity index (χ0n) is 12.2. The summed E-state index contributed by atoms with van der Waals surface area (Å²) in [7, 11) is 0. The van der Waals surface area contributed by atoms with Gasteiger partial charge in [-0.3, -0.25) is 9.69 Å². The lowest BCUT2D eigenvalue weighted by Crippen LogP contribution is -2.44. The van der Waals surface area contributed by atoms with E-state index in [1.54, 1.807) is 0 Å². The lowest BCUT2D eigenvalue weighted by atomic mass is 10.1. The van der Waals surface area contributed by atoms with Gasteiger partial charge in [0.1, 0.15) is 5.82 Å². The number of hydrogen-bond acceptors (Lipinski definition) is 4. The molecule has 1 aliphatic heterocycles. The first kappa shape index (κ1) is 17.1. The predicted molar refractivity (Wildman–Crippen MR) is 81.4 cm³/mol. The van der Waals surface area contributed by atoms with Crippen LogP contribution in [-0.2, 0) is 16.0 Å². The number of carbonyl (C=O) groups is 1. The van der Waals surface area contributed by atoms with Crippen LogP contribution in [0.1, 0.15) is 5.56 Å². The number of aliphatic hydroxyl groups is 1. The van der Waals surface area contributed by atoms with Crippen LogP contribution in [0.25, 0.3) is 0 Å². The first-order valence-electron chi connectivity index (χ1n) is 7.23. The Hall–Kier alpha value is -1.21. The quantitative estimate of drug-likeness (QED) is 0.811. The molecule has 1 saturated heterocycles. The number of benzene rings is 1. The van der Waals surface area contributed by atoms with Gasteiger partial charge < -0.3 is 15.2 Å². The lowest BCUT2D eigenvalue weighted by Gasteiger charge is -2.28. The molecule has 2 N–H and O–H groups in total. The summed E-state index contributed by atoms with van der Waals surface area (Å²) < 4.78 is 18.2. The Morgan fingerprint density at radius 3 is 2.86 bits per heavy atom. The summed E-state index contributed by atoms with van der Waals surface area (Å²) in [4.78, 5) is 13.9. The third kappa shape index (κ3) is 5.53. The average molecular weight is 331 g/mol. The number of morpholine rings is 1. The summed E-state index contributed by atoms with van der Waals surface area (Å²) in [5, 5.41) is 12.8. The van der Waals surface area contributed by atoms with Crippen molar-refractivity contribution in [3.05, 3.63) is 34.6 Å². The number of carbonyl (C=O) groups excluding carboxylic acids is 1. The fourth-order valence-electron chi connectivity index (χ4n) is 2.28. The van der Waals surface area contributed by atoms with Crippen LogP contribution in [0.4, 0.5) is 4.39 Å². The van der Waals surface area contributed by atoms with Gasteiger partial charge in [-0.2, -0.15) is 0 Å². The maximum atomic E-state index is 12.9. The van der Waals surface area contributed by atoms with Crippen LogP contribution in [0.3, 0.4) is 0 Å². The second-order valence-corrected chi connectivity index (χ2v) is 5.69. The van der Waals surface area contributed by atoms with Crippen molar-refractivity contribution in [2.75, 3.05) is 39.4 Å². The van der Waals surface area contributed by atoms with Gasteiger partial charge >= 0.3 is 0 Å². The molecule has 1 amide bonds. The van der Waals surface area contributed by atoms with Gasteiger partial charge in [0.25, 0.3) is 0 Å². The minimum Gasteiger partial charge on any atom is -0.390 e. The van der Waals surface area contributed by atoms with Gasteiger partial charge in [0.2, 0.25) is 5.91 Å². The molecule has 122 valence electrons. The van der Waals surface area contributed by atoms with E-state index in [0.717, 1.165) is 13.1 Å². The summed E-state index contributed by atoms with van der Waals surface area (Å²) in [6.45, 7) is 3.59. The highest BCUT2D eigenvalue weighted by Gasteiger charge is 2.16. The van der Waals surface area contributed by atoms with E-state index < -0.39 is 11.9 Å². The van der Waals surface area contributed by atoms with Crippen LogP contribution in [0.15, 0.2) is 18.2 Å². The maximum Gasteiger partial charge on any atom is 0.224 e. The summed E-state index contributed by atoms with van der Waals surface area (Å²) in [6.07, 6.45) is -0.575. The molecule has 1 heterocycles. The minimum absolute atomic E-state index is 0.0589. The Balaban J connectivity index is 1.72. The Morgan fingerprint density at radius 1 is 1.45 bits per heavy atom. The van der Waals surface area contributed by atoms with Gasteiger partial charge in [0.05, 0.1) is 25.7 Å². The van der Waals surface area contributed by atoms with Gasteiger partial charge in [0.15, 0.2) is 0 Å². The number of halogens is 2. The molecule has 2 rings (SSSR count). The van der Waals surface area contributed by atoms with Crippen LogP contribution in [0.5, 0.6) is 0 Å².